The van der Waals surface area contributed by atoms with Gasteiger partial charge in [-0.15, -0.1) is 0 Å². The van der Waals surface area contributed by atoms with Crippen LogP contribution in [0.2, 0.25) is 0 Å². The van der Waals surface area contributed by atoms with Crippen molar-refractivity contribution in [3.05, 3.63) is 69.3 Å². The van der Waals surface area contributed by atoms with Gasteiger partial charge in [-0.2, -0.15) is 0 Å². The normalized spacial score (nSPS) is 19.3. The number of piperazine rings is 1. The molecule has 3 aromatic rings. The second-order valence-electron chi connectivity index (χ2n) is 11.2. The highest BCUT2D eigenvalue weighted by Gasteiger charge is 2.30. The largest absolute Gasteiger partial charge is 0.504 e. The number of nitrogens with zero attached hydrogens (tertiary/aromatic N) is 4. The van der Waals surface area contributed by atoms with Crippen LogP contribution >= 0.6 is 11.8 Å². The van der Waals surface area contributed by atoms with E-state index in [9.17, 15) is 29.4 Å². The number of nitrogens with two attached hydrogens (primary N) is 1. The first-order valence-electron chi connectivity index (χ1n) is 14.5. The number of aromatic carboxylic acids is 1. The average molecular weight is 651 g/mol. The quantitative estimate of drug-likeness (QED) is 0.277. The maximum Gasteiger partial charge on any atom is 0.341 e. The SMILES string of the molecule is COc1cc(/C=C2/C(=O)NC(SCC(=O)N3CCN(c4cc5c(cc4F)c(=O)c(C(=O)O)cn5C4CC4)CC3)=NC2N)ccc1O. The maximum atomic E-state index is 15.3. The fourth-order valence-electron chi connectivity index (χ4n) is 5.55. The molecule has 13 nitrogen and oxygen atoms in total. The third-order valence-corrected chi connectivity index (χ3v) is 9.03. The molecule has 2 amide bonds. The van der Waals surface area contributed by atoms with Crippen LogP contribution in [0.15, 0.2) is 51.9 Å². The lowest BCUT2D eigenvalue weighted by Crippen LogP contribution is -2.50. The van der Waals surface area contributed by atoms with Crippen molar-refractivity contribution in [2.75, 3.05) is 43.9 Å². The number of rotatable bonds is 7. The number of thioether (sulfide) groups is 1. The highest BCUT2D eigenvalue weighted by molar-refractivity contribution is 8.14. The molecule has 3 heterocycles. The molecule has 240 valence electrons. The number of aromatic nitrogens is 1. The molecule has 15 heteroatoms. The molecule has 5 N–H and O–H groups in total. The number of methoxy groups -OCH3 is 1. The number of hydrogen-bond donors (Lipinski definition) is 4. The smallest absolute Gasteiger partial charge is 0.341 e. The minimum atomic E-state index is -1.35. The monoisotopic (exact) mass is 650 g/mol. The summed E-state index contributed by atoms with van der Waals surface area (Å²) >= 11 is 1.06. The molecule has 0 radical (unpaired) electrons. The number of amides is 2. The van der Waals surface area contributed by atoms with Crippen molar-refractivity contribution in [1.82, 2.24) is 14.8 Å². The molecule has 1 aliphatic carbocycles. The Bertz CT molecular complexity index is 1880. The van der Waals surface area contributed by atoms with Gasteiger partial charge >= 0.3 is 5.97 Å². The predicted octanol–water partition coefficient (Wildman–Crippen LogP) is 2.12. The van der Waals surface area contributed by atoms with Gasteiger partial charge in [0.05, 0.1) is 29.6 Å². The van der Waals surface area contributed by atoms with E-state index >= 15 is 4.39 Å². The van der Waals surface area contributed by atoms with E-state index in [1.807, 2.05) is 0 Å². The first-order chi connectivity index (χ1) is 22.0. The number of halogens is 1. The Balaban J connectivity index is 1.09. The lowest BCUT2D eigenvalue weighted by molar-refractivity contribution is -0.128. The fraction of sp³-hybridized carbons (Fsp3) is 0.323. The molecular formula is C31H31FN6O7S. The first-order valence-corrected chi connectivity index (χ1v) is 15.5. The predicted molar refractivity (Wildman–Crippen MR) is 171 cm³/mol. The Morgan fingerprint density at radius 2 is 1.91 bits per heavy atom. The number of carbonyl (C=O) groups is 3. The summed E-state index contributed by atoms with van der Waals surface area (Å²) in [5.41, 5.74) is 6.60. The van der Waals surface area contributed by atoms with E-state index in [-0.39, 0.29) is 56.6 Å². The Morgan fingerprint density at radius 1 is 1.17 bits per heavy atom. The van der Waals surface area contributed by atoms with Crippen LogP contribution in [-0.2, 0) is 9.59 Å². The Hall–Kier alpha value is -4.89. The van der Waals surface area contributed by atoms with Gasteiger partial charge in [0.15, 0.2) is 16.7 Å². The molecular weight excluding hydrogens is 619 g/mol. The van der Waals surface area contributed by atoms with Crippen molar-refractivity contribution < 1.29 is 33.7 Å². The number of anilines is 1. The van der Waals surface area contributed by atoms with Gasteiger partial charge in [0.2, 0.25) is 11.3 Å². The van der Waals surface area contributed by atoms with Gasteiger partial charge in [-0.25, -0.2) is 14.2 Å². The summed E-state index contributed by atoms with van der Waals surface area (Å²) in [7, 11) is 1.42. The van der Waals surface area contributed by atoms with Crippen molar-refractivity contribution in [1.29, 1.82) is 0 Å². The molecule has 0 spiro atoms. The molecule has 6 rings (SSSR count). The van der Waals surface area contributed by atoms with Crippen LogP contribution in [0.25, 0.3) is 17.0 Å². The number of aliphatic imine (C=N–C) groups is 1. The van der Waals surface area contributed by atoms with Crippen LogP contribution in [0.1, 0.15) is 34.8 Å². The Kier molecular flexibility index (Phi) is 8.44. The van der Waals surface area contributed by atoms with Gasteiger partial charge in [0.1, 0.15) is 17.5 Å². The number of carboxylic acid groups (broad SMARTS) is 1. The van der Waals surface area contributed by atoms with Crippen molar-refractivity contribution in [2.24, 2.45) is 10.7 Å². The molecule has 1 atom stereocenters. The summed E-state index contributed by atoms with van der Waals surface area (Å²) in [6.45, 7) is 1.34. The third-order valence-electron chi connectivity index (χ3n) is 8.16. The van der Waals surface area contributed by atoms with Gasteiger partial charge in [-0.05, 0) is 48.7 Å². The number of hydrogen-bond acceptors (Lipinski definition) is 10. The number of fused-ring (bicyclic) bond motifs is 1. The minimum absolute atomic E-state index is 0.00392. The zero-order chi connectivity index (χ0) is 32.7. The summed E-state index contributed by atoms with van der Waals surface area (Å²) < 4.78 is 22.2. The number of nitrogens with one attached hydrogen (secondary N) is 1. The summed E-state index contributed by atoms with van der Waals surface area (Å²) in [5, 5.41) is 22.2. The zero-order valence-corrected chi connectivity index (χ0v) is 25.6. The minimum Gasteiger partial charge on any atom is -0.504 e. The molecule has 2 aliphatic heterocycles. The Labute approximate surface area is 266 Å². The standard InChI is InChI=1S/C31H31FN6O7S/c1-45-25-11-16(2-5-24(25)39)10-19-28(33)34-31(35-29(19)42)46-15-26(40)37-8-6-36(7-9-37)23-13-22-18(12-21(23)32)27(41)20(30(43)44)14-38(22)17-3-4-17/h2,5,10-14,17,28,39H,3-4,6-9,15,33H2,1H3,(H,43,44)(H,34,35,42)/b19-10+. The molecule has 1 saturated heterocycles. The molecule has 2 fully saturated rings. The highest BCUT2D eigenvalue weighted by atomic mass is 32.2. The third kappa shape index (κ3) is 6.15. The van der Waals surface area contributed by atoms with E-state index in [0.29, 0.717) is 37.3 Å². The summed E-state index contributed by atoms with van der Waals surface area (Å²) in [5.74, 6) is -2.41. The molecule has 1 unspecified atom stereocenters. The van der Waals surface area contributed by atoms with Crippen LogP contribution in [-0.4, -0.2) is 87.8 Å². The lowest BCUT2D eigenvalue weighted by atomic mass is 10.1. The number of carboxylic acids is 1. The summed E-state index contributed by atoms with van der Waals surface area (Å²) in [6, 6.07) is 7.38. The summed E-state index contributed by atoms with van der Waals surface area (Å²) in [6.07, 6.45) is 3.62. The summed E-state index contributed by atoms with van der Waals surface area (Å²) in [4.78, 5) is 58.0. The van der Waals surface area contributed by atoms with E-state index < -0.39 is 29.3 Å². The van der Waals surface area contributed by atoms with Gasteiger partial charge in [0, 0.05) is 43.8 Å². The number of benzene rings is 2. The van der Waals surface area contributed by atoms with Gasteiger partial charge < -0.3 is 40.4 Å². The molecule has 46 heavy (non-hydrogen) atoms. The van der Waals surface area contributed by atoms with Crippen LogP contribution in [0.5, 0.6) is 11.5 Å². The van der Waals surface area contributed by atoms with E-state index in [4.69, 9.17) is 10.5 Å². The van der Waals surface area contributed by atoms with Gasteiger partial charge in [-0.1, -0.05) is 17.8 Å². The second-order valence-corrected chi connectivity index (χ2v) is 12.1. The Morgan fingerprint density at radius 3 is 2.57 bits per heavy atom. The van der Waals surface area contributed by atoms with E-state index in [0.717, 1.165) is 30.7 Å². The van der Waals surface area contributed by atoms with Crippen molar-refractivity contribution in [2.45, 2.75) is 25.0 Å². The fourth-order valence-corrected chi connectivity index (χ4v) is 6.34. The van der Waals surface area contributed by atoms with Crippen molar-refractivity contribution in [3.8, 4) is 11.5 Å². The first kappa shape index (κ1) is 31.1. The topological polar surface area (TPSA) is 180 Å². The van der Waals surface area contributed by atoms with Crippen LogP contribution < -0.4 is 26.1 Å². The number of amidine groups is 1. The van der Waals surface area contributed by atoms with Crippen LogP contribution in [0.4, 0.5) is 10.1 Å². The van der Waals surface area contributed by atoms with E-state index in [1.165, 1.54) is 19.4 Å². The van der Waals surface area contributed by atoms with Gasteiger partial charge in [0.25, 0.3) is 5.91 Å². The second kappa shape index (κ2) is 12.5. The maximum absolute atomic E-state index is 15.3. The number of ether oxygens (including phenoxy) is 1. The zero-order valence-electron chi connectivity index (χ0n) is 24.7. The molecule has 2 aromatic carbocycles. The number of aromatic hydroxyl groups is 1. The highest BCUT2D eigenvalue weighted by Crippen LogP contribution is 2.38. The molecule has 0 bridgehead atoms. The van der Waals surface area contributed by atoms with E-state index in [1.54, 1.807) is 38.6 Å². The lowest BCUT2D eigenvalue weighted by Gasteiger charge is -2.36. The molecule has 1 aromatic heterocycles. The molecule has 1 saturated carbocycles. The number of phenolic OH excluding ortho intramolecular Hbond substituents is 1. The molecule has 3 aliphatic rings. The average Bonchev–Trinajstić information content (AvgIpc) is 3.88. The van der Waals surface area contributed by atoms with Gasteiger partial charge in [-0.3, -0.25) is 14.4 Å². The number of carbonyl (C=O) groups excluding carboxylic acids is 2. The van der Waals surface area contributed by atoms with E-state index in [2.05, 4.69) is 10.3 Å². The van der Waals surface area contributed by atoms with Crippen molar-refractivity contribution in [3.63, 3.8) is 0 Å². The number of pyridine rings is 1. The van der Waals surface area contributed by atoms with Crippen LogP contribution in [0.3, 0.4) is 0 Å². The number of phenols is 1. The van der Waals surface area contributed by atoms with Crippen LogP contribution in [0, 0.1) is 5.82 Å². The van der Waals surface area contributed by atoms with Crippen molar-refractivity contribution >= 4 is 57.4 Å².